The number of unbranched alkanes of at least 4 members (excludes halogenated alkanes) is 6. The molecule has 0 fully saturated rings. The highest BCUT2D eigenvalue weighted by Gasteiger charge is 2.27. The SMILES string of the molecule is CC/C=C\C/C=C\C/C=C\C/C=C\C=C/C(O)C/C=C\CCC(=O)OC[C@H](COP(=O)(O)OCC[N+](C)(C)C)OC(=O)CCCCC/C=C\C/C=C\C/C=C\C/C=C\CCCCC. The number of rotatable bonds is 40. The summed E-state index contributed by atoms with van der Waals surface area (Å²) in [4.78, 5) is 35.4. The molecule has 0 aliphatic carbocycles. The Morgan fingerprint density at radius 1 is 0.587 bits per heavy atom. The van der Waals surface area contributed by atoms with Gasteiger partial charge in [-0.1, -0.05) is 155 Å². The number of carbonyl (C=O) groups excluding carboxylic acids is 2. The van der Waals surface area contributed by atoms with Crippen molar-refractivity contribution in [3.63, 3.8) is 0 Å². The van der Waals surface area contributed by atoms with E-state index in [1.807, 2.05) is 39.4 Å². The van der Waals surface area contributed by atoms with Gasteiger partial charge in [-0.05, 0) is 89.9 Å². The standard InChI is InChI=1S/C52H84NO9P/c1-6-8-10-12-14-16-18-20-21-22-23-24-25-27-29-31-33-35-39-44-52(56)62-50(48-61-63(57,58)60-46-45-53(3,4)5)47-59-51(55)43-40-36-38-42-49(54)41-37-34-32-30-28-26-19-17-15-13-11-9-7-2/h9,11,14-17,20-21,23-24,26-29,32,34,36-38,41,49-50,54H,6-8,10,12-13,18-19,22,25,30-31,33,35,39-40,42-48H2,1-5H3/p+1/b11-9-,16-14-,17-15-,21-20-,24-23-,28-26-,29-27-,34-32-,38-36-,41-37-/t49?,50-/m1/s1. The number of quaternary nitrogens is 1. The Hall–Kier alpha value is -3.63. The molecule has 0 aliphatic rings. The van der Waals surface area contributed by atoms with Crippen LogP contribution < -0.4 is 0 Å². The van der Waals surface area contributed by atoms with Crippen LogP contribution >= 0.6 is 7.82 Å². The Bertz CT molecular complexity index is 1500. The quantitative estimate of drug-likeness (QED) is 0.0154. The summed E-state index contributed by atoms with van der Waals surface area (Å²) in [6.07, 6.45) is 55.7. The first-order valence-corrected chi connectivity index (χ1v) is 24.9. The monoisotopic (exact) mass is 899 g/mol. The average molecular weight is 899 g/mol. The van der Waals surface area contributed by atoms with Gasteiger partial charge in [-0.15, -0.1) is 0 Å². The maximum Gasteiger partial charge on any atom is 0.472 e. The number of likely N-dealkylation sites (N-methyl/N-ethyl adjacent to an activating group) is 1. The van der Waals surface area contributed by atoms with Gasteiger partial charge in [-0.2, -0.15) is 0 Å². The van der Waals surface area contributed by atoms with Crippen molar-refractivity contribution in [1.29, 1.82) is 0 Å². The Morgan fingerprint density at radius 2 is 1.13 bits per heavy atom. The third-order valence-corrected chi connectivity index (χ3v) is 10.1. The number of nitrogens with zero attached hydrogens (tertiary/aromatic N) is 1. The third kappa shape index (κ3) is 46.2. The van der Waals surface area contributed by atoms with Crippen molar-refractivity contribution >= 4 is 19.8 Å². The molecule has 63 heavy (non-hydrogen) atoms. The first-order valence-electron chi connectivity index (χ1n) is 23.4. The van der Waals surface area contributed by atoms with E-state index in [1.54, 1.807) is 18.2 Å². The van der Waals surface area contributed by atoms with Crippen LogP contribution in [0.3, 0.4) is 0 Å². The van der Waals surface area contributed by atoms with Gasteiger partial charge in [0, 0.05) is 12.8 Å². The Morgan fingerprint density at radius 3 is 1.70 bits per heavy atom. The van der Waals surface area contributed by atoms with E-state index in [4.69, 9.17) is 18.5 Å². The van der Waals surface area contributed by atoms with Gasteiger partial charge in [-0.25, -0.2) is 4.57 Å². The van der Waals surface area contributed by atoms with Crippen molar-refractivity contribution in [2.24, 2.45) is 0 Å². The second-order valence-electron chi connectivity index (χ2n) is 16.2. The fraction of sp³-hybridized carbons (Fsp3) is 0.577. The number of hydrogen-bond donors (Lipinski definition) is 2. The maximum absolute atomic E-state index is 12.7. The van der Waals surface area contributed by atoms with E-state index in [0.717, 1.165) is 64.2 Å². The van der Waals surface area contributed by atoms with Crippen molar-refractivity contribution in [2.75, 3.05) is 47.5 Å². The topological polar surface area (TPSA) is 129 Å². The summed E-state index contributed by atoms with van der Waals surface area (Å²) in [6.45, 7) is 4.00. The Balaban J connectivity index is 4.63. The van der Waals surface area contributed by atoms with Gasteiger partial charge in [0.15, 0.2) is 6.10 Å². The van der Waals surface area contributed by atoms with E-state index in [9.17, 15) is 24.2 Å². The van der Waals surface area contributed by atoms with Crippen molar-refractivity contribution < 1.29 is 47.2 Å². The molecule has 2 unspecified atom stereocenters. The van der Waals surface area contributed by atoms with Crippen molar-refractivity contribution in [1.82, 2.24) is 0 Å². The number of phosphoric ester groups is 1. The highest BCUT2D eigenvalue weighted by atomic mass is 31.2. The van der Waals surface area contributed by atoms with Crippen LogP contribution in [-0.4, -0.2) is 86.1 Å². The molecule has 0 aromatic carbocycles. The molecular weight excluding hydrogens is 814 g/mol. The highest BCUT2D eigenvalue weighted by molar-refractivity contribution is 7.47. The van der Waals surface area contributed by atoms with Crippen LogP contribution in [-0.2, 0) is 32.7 Å². The zero-order chi connectivity index (χ0) is 46.5. The minimum atomic E-state index is -4.44. The predicted molar refractivity (Wildman–Crippen MR) is 262 cm³/mol. The first kappa shape index (κ1) is 59.4. The molecule has 10 nitrogen and oxygen atoms in total. The van der Waals surface area contributed by atoms with Gasteiger partial charge in [-0.3, -0.25) is 18.6 Å². The lowest BCUT2D eigenvalue weighted by Gasteiger charge is -2.24. The molecule has 11 heteroatoms. The smallest absolute Gasteiger partial charge is 0.462 e. The molecule has 3 atom stereocenters. The van der Waals surface area contributed by atoms with Crippen LogP contribution in [0.15, 0.2) is 122 Å². The molecule has 0 radical (unpaired) electrons. The van der Waals surface area contributed by atoms with E-state index in [0.29, 0.717) is 30.3 Å². The Labute approximate surface area is 382 Å². The van der Waals surface area contributed by atoms with Gasteiger partial charge in [0.25, 0.3) is 0 Å². The van der Waals surface area contributed by atoms with Gasteiger partial charge in [0.2, 0.25) is 0 Å². The molecular formula is C52H85NO9P+. The lowest BCUT2D eigenvalue weighted by molar-refractivity contribution is -0.870. The van der Waals surface area contributed by atoms with Crippen molar-refractivity contribution in [2.45, 2.75) is 148 Å². The molecule has 0 amide bonds. The summed E-state index contributed by atoms with van der Waals surface area (Å²) in [5, 5.41) is 10.2. The average Bonchev–Trinajstić information content (AvgIpc) is 3.23. The molecule has 356 valence electrons. The van der Waals surface area contributed by atoms with E-state index in [-0.39, 0.29) is 26.1 Å². The van der Waals surface area contributed by atoms with Crippen LogP contribution in [0, 0.1) is 0 Å². The number of hydrogen-bond acceptors (Lipinski definition) is 8. The second-order valence-corrected chi connectivity index (χ2v) is 17.7. The van der Waals surface area contributed by atoms with Crippen LogP contribution in [0.5, 0.6) is 0 Å². The summed E-state index contributed by atoms with van der Waals surface area (Å²) < 4.78 is 34.2. The molecule has 0 spiro atoms. The molecule has 2 N–H and O–H groups in total. The van der Waals surface area contributed by atoms with Crippen molar-refractivity contribution in [3.05, 3.63) is 122 Å². The van der Waals surface area contributed by atoms with E-state index in [1.165, 1.54) is 25.7 Å². The van der Waals surface area contributed by atoms with E-state index >= 15 is 0 Å². The molecule has 0 saturated carbocycles. The van der Waals surface area contributed by atoms with Crippen LogP contribution in [0.4, 0.5) is 0 Å². The number of ether oxygens (including phenoxy) is 2. The largest absolute Gasteiger partial charge is 0.472 e. The van der Waals surface area contributed by atoms with Gasteiger partial charge >= 0.3 is 19.8 Å². The lowest BCUT2D eigenvalue weighted by Crippen LogP contribution is -2.37. The fourth-order valence-electron chi connectivity index (χ4n) is 5.40. The van der Waals surface area contributed by atoms with E-state index < -0.39 is 38.6 Å². The molecule has 0 saturated heterocycles. The number of esters is 2. The number of carbonyl (C=O) groups is 2. The number of allylic oxidation sites excluding steroid dienone is 18. The second kappa shape index (κ2) is 42.3. The molecule has 0 aromatic heterocycles. The minimum absolute atomic E-state index is 0.0100. The fourth-order valence-corrected chi connectivity index (χ4v) is 6.14. The normalized spacial score (nSPS) is 15.1. The molecule has 0 heterocycles. The Kier molecular flexibility index (Phi) is 39.9. The number of phosphoric acid groups is 1. The highest BCUT2D eigenvalue weighted by Crippen LogP contribution is 2.43. The zero-order valence-corrected chi connectivity index (χ0v) is 40.5. The van der Waals surface area contributed by atoms with Crippen LogP contribution in [0.2, 0.25) is 0 Å². The molecule has 0 bridgehead atoms. The molecule has 0 aliphatic heterocycles. The maximum atomic E-state index is 12.7. The van der Waals surface area contributed by atoms with Crippen molar-refractivity contribution in [3.8, 4) is 0 Å². The predicted octanol–water partition coefficient (Wildman–Crippen LogP) is 12.7. The summed E-state index contributed by atoms with van der Waals surface area (Å²) in [6, 6.07) is 0. The number of aliphatic hydroxyl groups excluding tert-OH is 1. The zero-order valence-electron chi connectivity index (χ0n) is 39.6. The third-order valence-electron chi connectivity index (χ3n) is 9.07. The lowest BCUT2D eigenvalue weighted by atomic mass is 10.1. The first-order chi connectivity index (χ1) is 30.4. The van der Waals surface area contributed by atoms with Crippen LogP contribution in [0.1, 0.15) is 136 Å². The van der Waals surface area contributed by atoms with Gasteiger partial charge in [0.1, 0.15) is 19.8 Å². The molecule has 0 aromatic rings. The molecule has 0 rings (SSSR count). The minimum Gasteiger partial charge on any atom is -0.462 e. The summed E-state index contributed by atoms with van der Waals surface area (Å²) in [5.74, 6) is -1.03. The summed E-state index contributed by atoms with van der Waals surface area (Å²) >= 11 is 0. The van der Waals surface area contributed by atoms with Crippen LogP contribution in [0.25, 0.3) is 0 Å². The number of aliphatic hydroxyl groups is 1. The van der Waals surface area contributed by atoms with Gasteiger partial charge < -0.3 is 24.0 Å². The summed E-state index contributed by atoms with van der Waals surface area (Å²) in [7, 11) is 1.34. The van der Waals surface area contributed by atoms with E-state index in [2.05, 4.69) is 98.9 Å². The van der Waals surface area contributed by atoms with Gasteiger partial charge in [0.05, 0.1) is 33.9 Å². The summed E-state index contributed by atoms with van der Waals surface area (Å²) in [5.41, 5.74) is 0.